The van der Waals surface area contributed by atoms with Gasteiger partial charge in [-0.05, 0) is 19.1 Å². The smallest absolute Gasteiger partial charge is 0.348 e. The number of aromatic hydroxyl groups is 2. The van der Waals surface area contributed by atoms with Gasteiger partial charge in [0.25, 0.3) is 0 Å². The summed E-state index contributed by atoms with van der Waals surface area (Å²) >= 11 is 0. The average Bonchev–Trinajstić information content (AvgIpc) is 2.31. The molecule has 5 heteroatoms. The summed E-state index contributed by atoms with van der Waals surface area (Å²) < 4.78 is 4.66. The van der Waals surface area contributed by atoms with Crippen LogP contribution in [0.15, 0.2) is 23.8 Å². The molecule has 0 unspecified atom stereocenters. The van der Waals surface area contributed by atoms with Gasteiger partial charge in [0.05, 0.1) is 6.61 Å². The number of nitrogens with zero attached hydrogens (tertiary/aromatic N) is 1. The van der Waals surface area contributed by atoms with Gasteiger partial charge in [-0.15, -0.1) is 0 Å². The summed E-state index contributed by atoms with van der Waals surface area (Å²) in [6, 6.07) is 5.92. The van der Waals surface area contributed by atoms with Crippen molar-refractivity contribution in [2.45, 2.75) is 6.92 Å². The molecule has 0 aliphatic rings. The number of para-hydroxylation sites is 1. The maximum atomic E-state index is 11.3. The number of hydrogen-bond acceptors (Lipinski definition) is 5. The monoisotopic (exact) mass is 233 g/mol. The molecule has 0 aliphatic heterocycles. The molecule has 0 aliphatic carbocycles. The van der Waals surface area contributed by atoms with Crippen LogP contribution in [-0.4, -0.2) is 22.8 Å². The molecule has 17 heavy (non-hydrogen) atoms. The number of ether oxygens (including phenoxy) is 1. The third-order valence-electron chi connectivity index (χ3n) is 1.96. The van der Waals surface area contributed by atoms with Crippen molar-refractivity contribution in [3.05, 3.63) is 29.3 Å². The number of phenols is 2. The van der Waals surface area contributed by atoms with Gasteiger partial charge in [0.15, 0.2) is 11.5 Å². The number of carbonyl (C=O) groups is 1. The van der Waals surface area contributed by atoms with E-state index in [9.17, 15) is 15.0 Å². The van der Waals surface area contributed by atoms with Crippen molar-refractivity contribution in [1.29, 1.82) is 5.26 Å². The number of phenolic OH excluding ortho intramolecular Hbond substituents is 2. The molecule has 1 aromatic carbocycles. The molecule has 0 heterocycles. The van der Waals surface area contributed by atoms with Crippen LogP contribution in [0.4, 0.5) is 0 Å². The summed E-state index contributed by atoms with van der Waals surface area (Å²) in [6.45, 7) is 1.78. The summed E-state index contributed by atoms with van der Waals surface area (Å²) in [5, 5.41) is 27.5. The molecule has 1 rings (SSSR count). The maximum absolute atomic E-state index is 11.3. The van der Waals surface area contributed by atoms with E-state index >= 15 is 0 Å². The molecular weight excluding hydrogens is 222 g/mol. The predicted octanol–water partition coefficient (Wildman–Crippen LogP) is 1.57. The van der Waals surface area contributed by atoms with Crippen molar-refractivity contribution in [3.63, 3.8) is 0 Å². The Bertz CT molecular complexity index is 500. The number of rotatable bonds is 3. The van der Waals surface area contributed by atoms with Gasteiger partial charge in [0, 0.05) is 5.56 Å². The van der Waals surface area contributed by atoms with Crippen LogP contribution in [0.3, 0.4) is 0 Å². The van der Waals surface area contributed by atoms with E-state index in [0.717, 1.165) is 6.08 Å². The number of carbonyl (C=O) groups excluding carboxylic acids is 1. The highest BCUT2D eigenvalue weighted by atomic mass is 16.5. The van der Waals surface area contributed by atoms with Gasteiger partial charge < -0.3 is 14.9 Å². The molecule has 0 aromatic heterocycles. The van der Waals surface area contributed by atoms with Crippen LogP contribution in [0, 0.1) is 11.3 Å². The van der Waals surface area contributed by atoms with Gasteiger partial charge >= 0.3 is 5.97 Å². The van der Waals surface area contributed by atoms with Crippen molar-refractivity contribution in [1.82, 2.24) is 0 Å². The van der Waals surface area contributed by atoms with Gasteiger partial charge in [-0.1, -0.05) is 12.1 Å². The minimum atomic E-state index is -0.766. The van der Waals surface area contributed by atoms with E-state index in [2.05, 4.69) is 4.74 Å². The zero-order chi connectivity index (χ0) is 12.8. The Morgan fingerprint density at radius 1 is 1.53 bits per heavy atom. The Balaban J connectivity index is 3.12. The third kappa shape index (κ3) is 2.98. The molecule has 88 valence electrons. The van der Waals surface area contributed by atoms with Crippen LogP contribution < -0.4 is 0 Å². The van der Waals surface area contributed by atoms with Gasteiger partial charge in [-0.3, -0.25) is 0 Å². The van der Waals surface area contributed by atoms with E-state index < -0.39 is 5.97 Å². The van der Waals surface area contributed by atoms with Crippen molar-refractivity contribution >= 4 is 12.0 Å². The zero-order valence-electron chi connectivity index (χ0n) is 9.17. The Morgan fingerprint density at radius 3 is 2.82 bits per heavy atom. The SMILES string of the molecule is CCOC(=O)/C(C#N)=C/c1cccc(O)c1O. The van der Waals surface area contributed by atoms with Gasteiger partial charge in [0.1, 0.15) is 11.6 Å². The fourth-order valence-electron chi connectivity index (χ4n) is 1.17. The normalized spacial score (nSPS) is 10.7. The largest absolute Gasteiger partial charge is 0.504 e. The van der Waals surface area contributed by atoms with E-state index in [1.807, 2.05) is 0 Å². The topological polar surface area (TPSA) is 90.6 Å². The molecule has 0 atom stereocenters. The molecule has 0 fully saturated rings. The zero-order valence-corrected chi connectivity index (χ0v) is 9.17. The molecule has 0 saturated heterocycles. The number of benzene rings is 1. The maximum Gasteiger partial charge on any atom is 0.348 e. The number of esters is 1. The summed E-state index contributed by atoms with van der Waals surface area (Å²) in [5.41, 5.74) is -0.0673. The van der Waals surface area contributed by atoms with Crippen LogP contribution in [0.1, 0.15) is 12.5 Å². The van der Waals surface area contributed by atoms with Crippen LogP contribution in [0.5, 0.6) is 11.5 Å². The minimum Gasteiger partial charge on any atom is -0.504 e. The molecular formula is C12H11NO4. The lowest BCUT2D eigenvalue weighted by molar-refractivity contribution is -0.137. The predicted molar refractivity (Wildman–Crippen MR) is 60.0 cm³/mol. The lowest BCUT2D eigenvalue weighted by atomic mass is 10.1. The first-order valence-electron chi connectivity index (χ1n) is 4.90. The van der Waals surface area contributed by atoms with Crippen molar-refractivity contribution < 1.29 is 19.7 Å². The molecule has 0 radical (unpaired) electrons. The van der Waals surface area contributed by atoms with Gasteiger partial charge in [-0.2, -0.15) is 5.26 Å². The standard InChI is InChI=1S/C12H11NO4/c1-2-17-12(16)9(7-13)6-8-4-3-5-10(14)11(8)15/h3-6,14-15H,2H2,1H3/b9-6+. The highest BCUT2D eigenvalue weighted by molar-refractivity contribution is 5.98. The lowest BCUT2D eigenvalue weighted by Crippen LogP contribution is -2.05. The van der Waals surface area contributed by atoms with Crippen molar-refractivity contribution in [2.75, 3.05) is 6.61 Å². The fourth-order valence-corrected chi connectivity index (χ4v) is 1.17. The second-order valence-electron chi connectivity index (χ2n) is 3.11. The summed E-state index contributed by atoms with van der Waals surface area (Å²) in [6.07, 6.45) is 1.16. The highest BCUT2D eigenvalue weighted by Crippen LogP contribution is 2.29. The summed E-state index contributed by atoms with van der Waals surface area (Å²) in [7, 11) is 0. The summed E-state index contributed by atoms with van der Waals surface area (Å²) in [5.74, 6) is -1.47. The van der Waals surface area contributed by atoms with Crippen LogP contribution >= 0.6 is 0 Å². The third-order valence-corrected chi connectivity index (χ3v) is 1.96. The lowest BCUT2D eigenvalue weighted by Gasteiger charge is -2.02. The fraction of sp³-hybridized carbons (Fsp3) is 0.167. The first-order valence-corrected chi connectivity index (χ1v) is 4.90. The Labute approximate surface area is 98.2 Å². The van der Waals surface area contributed by atoms with Crippen LogP contribution in [0.25, 0.3) is 6.08 Å². The van der Waals surface area contributed by atoms with Crippen LogP contribution in [-0.2, 0) is 9.53 Å². The second kappa shape index (κ2) is 5.56. The van der Waals surface area contributed by atoms with E-state index in [-0.39, 0.29) is 29.2 Å². The van der Waals surface area contributed by atoms with E-state index in [1.165, 1.54) is 18.2 Å². The first kappa shape index (κ1) is 12.6. The Morgan fingerprint density at radius 2 is 2.24 bits per heavy atom. The Kier molecular flexibility index (Phi) is 4.12. The molecule has 0 bridgehead atoms. The molecule has 2 N–H and O–H groups in total. The highest BCUT2D eigenvalue weighted by Gasteiger charge is 2.12. The molecule has 0 amide bonds. The van der Waals surface area contributed by atoms with Gasteiger partial charge in [-0.25, -0.2) is 4.79 Å². The minimum absolute atomic E-state index is 0.157. The average molecular weight is 233 g/mol. The number of hydrogen-bond donors (Lipinski definition) is 2. The molecule has 0 spiro atoms. The molecule has 0 saturated carbocycles. The molecule has 1 aromatic rings. The van der Waals surface area contributed by atoms with Crippen molar-refractivity contribution in [2.24, 2.45) is 0 Å². The molecule has 5 nitrogen and oxygen atoms in total. The van der Waals surface area contributed by atoms with Crippen LogP contribution in [0.2, 0.25) is 0 Å². The van der Waals surface area contributed by atoms with E-state index in [4.69, 9.17) is 5.26 Å². The first-order chi connectivity index (χ1) is 8.10. The van der Waals surface area contributed by atoms with Gasteiger partial charge in [0.2, 0.25) is 0 Å². The van der Waals surface area contributed by atoms with Crippen molar-refractivity contribution in [3.8, 4) is 17.6 Å². The van der Waals surface area contributed by atoms with E-state index in [0.29, 0.717) is 0 Å². The Hall–Kier alpha value is -2.48. The number of nitriles is 1. The second-order valence-corrected chi connectivity index (χ2v) is 3.11. The summed E-state index contributed by atoms with van der Waals surface area (Å²) in [4.78, 5) is 11.3. The van der Waals surface area contributed by atoms with E-state index in [1.54, 1.807) is 13.0 Å². The quantitative estimate of drug-likeness (QED) is 0.358.